The summed E-state index contributed by atoms with van der Waals surface area (Å²) in [5.74, 6) is 0. The van der Waals surface area contributed by atoms with Gasteiger partial charge in [-0.1, -0.05) is 0 Å². The number of aromatic nitrogens is 4. The van der Waals surface area contributed by atoms with Crippen molar-refractivity contribution in [1.29, 1.82) is 0 Å². The first kappa shape index (κ1) is 6.36. The van der Waals surface area contributed by atoms with Gasteiger partial charge in [-0.2, -0.15) is 0 Å². The van der Waals surface area contributed by atoms with E-state index >= 15 is 0 Å². The van der Waals surface area contributed by atoms with E-state index < -0.39 is 0 Å². The van der Waals surface area contributed by atoms with Crippen LogP contribution in [0.15, 0.2) is 12.7 Å². The summed E-state index contributed by atoms with van der Waals surface area (Å²) in [5, 5.41) is 10.8. The number of nitrogens with one attached hydrogen (secondary N) is 1. The number of imidazole rings is 1. The molecule has 0 spiro atoms. The van der Waals surface area contributed by atoms with Crippen molar-refractivity contribution in [2.24, 2.45) is 0 Å². The second-order valence-corrected chi connectivity index (χ2v) is 2.32. The molecule has 11 heavy (non-hydrogen) atoms. The van der Waals surface area contributed by atoms with E-state index in [9.17, 15) is 5.21 Å². The first-order valence-corrected chi connectivity index (χ1v) is 3.23. The molecule has 0 fully saturated rings. The SMILES string of the molecule is [O-][n+]1cnc2[nH]cnc2c1Cl. The smallest absolute Gasteiger partial charge is 0.293 e. The monoisotopic (exact) mass is 170 g/mol. The maximum atomic E-state index is 10.8. The lowest BCUT2D eigenvalue weighted by Gasteiger charge is -1.99. The molecule has 2 aromatic rings. The minimum absolute atomic E-state index is 0.0382. The van der Waals surface area contributed by atoms with E-state index in [1.807, 2.05) is 0 Å². The largest absolute Gasteiger partial charge is 0.710 e. The van der Waals surface area contributed by atoms with Crippen LogP contribution in [-0.4, -0.2) is 15.0 Å². The Kier molecular flexibility index (Phi) is 1.19. The standard InChI is InChI=1S/C5H3ClN4O/c6-4-3-5(8-1-7-3)9-2-10(4)11/h1-2H,(H,7,8,9). The topological polar surface area (TPSA) is 68.5 Å². The molecular formula is C5H3ClN4O. The first-order valence-electron chi connectivity index (χ1n) is 2.86. The fourth-order valence-electron chi connectivity index (χ4n) is 0.802. The van der Waals surface area contributed by atoms with Gasteiger partial charge in [0.1, 0.15) is 0 Å². The van der Waals surface area contributed by atoms with Gasteiger partial charge in [0, 0.05) is 0 Å². The van der Waals surface area contributed by atoms with Crippen LogP contribution in [0.1, 0.15) is 0 Å². The van der Waals surface area contributed by atoms with E-state index in [0.717, 1.165) is 6.33 Å². The maximum absolute atomic E-state index is 10.8. The third-order valence-electron chi connectivity index (χ3n) is 1.30. The number of H-pyrrole nitrogens is 1. The maximum Gasteiger partial charge on any atom is 0.293 e. The predicted molar refractivity (Wildman–Crippen MR) is 37.9 cm³/mol. The highest BCUT2D eigenvalue weighted by atomic mass is 35.5. The fourth-order valence-corrected chi connectivity index (χ4v) is 0.984. The summed E-state index contributed by atoms with van der Waals surface area (Å²) in [7, 11) is 0. The van der Waals surface area contributed by atoms with Crippen molar-refractivity contribution >= 4 is 22.8 Å². The minimum atomic E-state index is 0.0382. The number of hydrogen-bond acceptors (Lipinski definition) is 3. The average molecular weight is 171 g/mol. The third kappa shape index (κ3) is 0.813. The van der Waals surface area contributed by atoms with Crippen molar-refractivity contribution in [2.75, 3.05) is 0 Å². The molecule has 0 saturated heterocycles. The molecule has 2 heterocycles. The van der Waals surface area contributed by atoms with Crippen LogP contribution < -0.4 is 4.73 Å². The van der Waals surface area contributed by atoms with Gasteiger partial charge in [-0.15, -0.1) is 0 Å². The fraction of sp³-hybridized carbons (Fsp3) is 0. The zero-order valence-corrected chi connectivity index (χ0v) is 6.04. The highest BCUT2D eigenvalue weighted by Gasteiger charge is 2.10. The number of halogens is 1. The van der Waals surface area contributed by atoms with E-state index in [1.165, 1.54) is 6.33 Å². The molecule has 0 amide bonds. The van der Waals surface area contributed by atoms with Crippen molar-refractivity contribution in [3.05, 3.63) is 23.0 Å². The zero-order chi connectivity index (χ0) is 7.84. The molecule has 5 nitrogen and oxygen atoms in total. The molecule has 0 unspecified atom stereocenters. The van der Waals surface area contributed by atoms with Crippen LogP contribution >= 0.6 is 11.6 Å². The Morgan fingerprint density at radius 3 is 3.18 bits per heavy atom. The molecule has 6 heteroatoms. The summed E-state index contributed by atoms with van der Waals surface area (Å²) in [4.78, 5) is 10.3. The normalized spacial score (nSPS) is 10.6. The number of nitrogens with zero attached hydrogens (tertiary/aromatic N) is 3. The van der Waals surface area contributed by atoms with Gasteiger partial charge < -0.3 is 10.2 Å². The molecule has 2 aromatic heterocycles. The van der Waals surface area contributed by atoms with Crippen molar-refractivity contribution in [3.63, 3.8) is 0 Å². The van der Waals surface area contributed by atoms with Crippen molar-refractivity contribution in [3.8, 4) is 0 Å². The van der Waals surface area contributed by atoms with Gasteiger partial charge in [0.05, 0.1) is 6.33 Å². The predicted octanol–water partition coefficient (Wildman–Crippen LogP) is 0.245. The second-order valence-electron chi connectivity index (χ2n) is 1.96. The molecule has 0 aliphatic rings. The highest BCUT2D eigenvalue weighted by Crippen LogP contribution is 2.11. The molecule has 1 N–H and O–H groups in total. The Hall–Kier alpha value is -1.36. The number of rotatable bonds is 0. The molecular weight excluding hydrogens is 168 g/mol. The molecule has 0 radical (unpaired) electrons. The second kappa shape index (κ2) is 2.06. The number of aromatic amines is 1. The Bertz CT molecular complexity index is 398. The third-order valence-corrected chi connectivity index (χ3v) is 1.65. The summed E-state index contributed by atoms with van der Waals surface area (Å²) in [6.45, 7) is 0. The van der Waals surface area contributed by atoms with Crippen molar-refractivity contribution < 1.29 is 4.73 Å². The Morgan fingerprint density at radius 2 is 2.36 bits per heavy atom. The molecule has 0 aliphatic carbocycles. The van der Waals surface area contributed by atoms with Gasteiger partial charge in [-0.25, -0.2) is 9.71 Å². The lowest BCUT2D eigenvalue weighted by molar-refractivity contribution is -0.604. The van der Waals surface area contributed by atoms with Crippen molar-refractivity contribution in [1.82, 2.24) is 15.0 Å². The van der Waals surface area contributed by atoms with Crippen LogP contribution in [0.4, 0.5) is 0 Å². The van der Waals surface area contributed by atoms with E-state index in [4.69, 9.17) is 11.6 Å². The summed E-state index contributed by atoms with van der Waals surface area (Å²) in [5.41, 5.74) is 0.909. The van der Waals surface area contributed by atoms with Crippen LogP contribution in [0.5, 0.6) is 0 Å². The van der Waals surface area contributed by atoms with Crippen LogP contribution in [0, 0.1) is 5.21 Å². The molecule has 0 aliphatic heterocycles. The van der Waals surface area contributed by atoms with Crippen LogP contribution in [-0.2, 0) is 0 Å². The van der Waals surface area contributed by atoms with Gasteiger partial charge in [0.25, 0.3) is 12.0 Å². The average Bonchev–Trinajstić information content (AvgIpc) is 2.45. The highest BCUT2D eigenvalue weighted by molar-refractivity contribution is 6.32. The summed E-state index contributed by atoms with van der Waals surface area (Å²) in [6.07, 6.45) is 2.52. The van der Waals surface area contributed by atoms with Crippen LogP contribution in [0.3, 0.4) is 0 Å². The lowest BCUT2D eigenvalue weighted by Crippen LogP contribution is -2.27. The van der Waals surface area contributed by atoms with E-state index in [-0.39, 0.29) is 5.15 Å². The molecule has 0 atom stereocenters. The van der Waals surface area contributed by atoms with Crippen LogP contribution in [0.25, 0.3) is 11.2 Å². The number of fused-ring (bicyclic) bond motifs is 1. The van der Waals surface area contributed by atoms with E-state index in [1.54, 1.807) is 0 Å². The summed E-state index contributed by atoms with van der Waals surface area (Å²) >= 11 is 5.60. The molecule has 2 rings (SSSR count). The number of hydrogen-bond donors (Lipinski definition) is 1. The first-order chi connectivity index (χ1) is 5.29. The Balaban J connectivity index is 2.93. The zero-order valence-electron chi connectivity index (χ0n) is 5.28. The minimum Gasteiger partial charge on any atom is -0.710 e. The van der Waals surface area contributed by atoms with E-state index in [0.29, 0.717) is 15.9 Å². The van der Waals surface area contributed by atoms with Crippen molar-refractivity contribution in [2.45, 2.75) is 0 Å². The van der Waals surface area contributed by atoms with Gasteiger partial charge in [-0.05, 0) is 16.6 Å². The molecule has 0 aromatic carbocycles. The van der Waals surface area contributed by atoms with Crippen LogP contribution in [0.2, 0.25) is 5.15 Å². The van der Waals surface area contributed by atoms with Gasteiger partial charge >= 0.3 is 0 Å². The Morgan fingerprint density at radius 1 is 1.55 bits per heavy atom. The molecule has 0 saturated carbocycles. The lowest BCUT2D eigenvalue weighted by atomic mass is 10.6. The molecule has 56 valence electrons. The van der Waals surface area contributed by atoms with Gasteiger partial charge in [0.15, 0.2) is 5.52 Å². The quantitative estimate of drug-likeness (QED) is 0.350. The summed E-state index contributed by atoms with van der Waals surface area (Å²) in [6, 6.07) is 0. The molecule has 0 bridgehead atoms. The van der Waals surface area contributed by atoms with E-state index in [2.05, 4.69) is 15.0 Å². The Labute approximate surface area is 66.2 Å². The summed E-state index contributed by atoms with van der Waals surface area (Å²) < 4.78 is 0.463. The van der Waals surface area contributed by atoms with Gasteiger partial charge in [0.2, 0.25) is 5.15 Å². The van der Waals surface area contributed by atoms with Gasteiger partial charge in [-0.3, -0.25) is 0 Å².